The van der Waals surface area contributed by atoms with Crippen LogP contribution < -0.4 is 15.2 Å². The molecule has 0 radical (unpaired) electrons. The second kappa shape index (κ2) is 15.3. The predicted octanol–water partition coefficient (Wildman–Crippen LogP) is 3.36. The van der Waals surface area contributed by atoms with Crippen molar-refractivity contribution in [2.75, 3.05) is 54.5 Å². The van der Waals surface area contributed by atoms with Crippen molar-refractivity contribution in [3.63, 3.8) is 0 Å². The van der Waals surface area contributed by atoms with E-state index >= 15 is 0 Å². The van der Waals surface area contributed by atoms with Gasteiger partial charge in [0, 0.05) is 19.6 Å². The molecular weight excluding hydrogens is 376 g/mol. The van der Waals surface area contributed by atoms with Crippen LogP contribution >= 0.6 is 0 Å². The summed E-state index contributed by atoms with van der Waals surface area (Å²) in [5.74, 6) is 1.75. The predicted molar refractivity (Wildman–Crippen MR) is 123 cm³/mol. The van der Waals surface area contributed by atoms with Crippen molar-refractivity contribution in [3.05, 3.63) is 59.7 Å². The Labute approximate surface area is 181 Å². The van der Waals surface area contributed by atoms with Gasteiger partial charge >= 0.3 is 0 Å². The fraction of sp³-hybridized carbons (Fsp3) is 0.458. The Hall–Kier alpha value is -2.59. The molecule has 6 heteroatoms. The van der Waals surface area contributed by atoms with Crippen LogP contribution in [0.5, 0.6) is 11.5 Å². The van der Waals surface area contributed by atoms with Crippen LogP contribution in [0.3, 0.4) is 0 Å². The summed E-state index contributed by atoms with van der Waals surface area (Å²) < 4.78 is 11.1. The fourth-order valence-corrected chi connectivity index (χ4v) is 2.49. The Balaban J connectivity index is 0.000000300. The topological polar surface area (TPSA) is 74.8 Å². The molecule has 164 valence electrons. The van der Waals surface area contributed by atoms with Crippen molar-refractivity contribution < 1.29 is 9.47 Å². The van der Waals surface area contributed by atoms with Gasteiger partial charge in [-0.05, 0) is 83.0 Å². The Morgan fingerprint density at radius 2 is 1.20 bits per heavy atom. The zero-order chi connectivity index (χ0) is 22.2. The van der Waals surface area contributed by atoms with Gasteiger partial charge in [0.25, 0.3) is 0 Å². The first-order valence-electron chi connectivity index (χ1n) is 10.3. The van der Waals surface area contributed by atoms with Gasteiger partial charge in [-0.15, -0.1) is 0 Å². The first kappa shape index (κ1) is 25.4. The molecule has 0 aliphatic carbocycles. The smallest absolute Gasteiger partial charge is 0.119 e. The molecule has 6 nitrogen and oxygen atoms in total. The molecule has 0 aromatic heterocycles. The van der Waals surface area contributed by atoms with Gasteiger partial charge in [0.05, 0.1) is 24.8 Å². The van der Waals surface area contributed by atoms with Crippen molar-refractivity contribution in [2.45, 2.75) is 19.4 Å². The van der Waals surface area contributed by atoms with Crippen molar-refractivity contribution >= 4 is 0 Å². The third kappa shape index (κ3) is 12.1. The van der Waals surface area contributed by atoms with E-state index < -0.39 is 0 Å². The molecule has 2 aromatic carbocycles. The minimum absolute atomic E-state index is 0.584. The van der Waals surface area contributed by atoms with Crippen LogP contribution in [0.4, 0.5) is 0 Å². The summed E-state index contributed by atoms with van der Waals surface area (Å²) in [6.45, 7) is 4.14. The monoisotopic (exact) mass is 412 g/mol. The average Bonchev–Trinajstić information content (AvgIpc) is 2.75. The first-order valence-corrected chi connectivity index (χ1v) is 10.3. The normalized spacial score (nSPS) is 10.3. The number of benzene rings is 2. The van der Waals surface area contributed by atoms with E-state index in [1.54, 1.807) is 12.1 Å². The van der Waals surface area contributed by atoms with Gasteiger partial charge in [0.15, 0.2) is 0 Å². The molecule has 0 unspecified atom stereocenters. The van der Waals surface area contributed by atoms with Crippen LogP contribution in [0.1, 0.15) is 24.0 Å². The largest absolute Gasteiger partial charge is 0.494 e. The SMILES string of the molecule is CN(C)CCCOc1ccc(C#N)cc1.CN(C)CCCOc1ccc(CN)cc1. The number of nitrogens with two attached hydrogens (primary N) is 1. The lowest BCUT2D eigenvalue weighted by molar-refractivity contribution is 0.281. The number of ether oxygens (including phenoxy) is 2. The minimum Gasteiger partial charge on any atom is -0.494 e. The zero-order valence-corrected chi connectivity index (χ0v) is 18.8. The zero-order valence-electron chi connectivity index (χ0n) is 18.8. The molecule has 0 aliphatic rings. The Morgan fingerprint density at radius 3 is 1.57 bits per heavy atom. The van der Waals surface area contributed by atoms with Crippen LogP contribution in [0.2, 0.25) is 0 Å². The summed E-state index contributed by atoms with van der Waals surface area (Å²) in [4.78, 5) is 4.28. The molecule has 0 fully saturated rings. The summed E-state index contributed by atoms with van der Waals surface area (Å²) in [7, 11) is 8.22. The van der Waals surface area contributed by atoms with Crippen LogP contribution in [0.15, 0.2) is 48.5 Å². The fourth-order valence-electron chi connectivity index (χ4n) is 2.49. The van der Waals surface area contributed by atoms with Gasteiger partial charge in [-0.2, -0.15) is 5.26 Å². The van der Waals surface area contributed by atoms with Gasteiger partial charge in [0.2, 0.25) is 0 Å². The van der Waals surface area contributed by atoms with Gasteiger partial charge in [-0.25, -0.2) is 0 Å². The van der Waals surface area contributed by atoms with Crippen molar-refractivity contribution in [1.29, 1.82) is 5.26 Å². The second-order valence-corrected chi connectivity index (χ2v) is 7.49. The molecule has 0 bridgehead atoms. The summed E-state index contributed by atoms with van der Waals surface area (Å²) in [6, 6.07) is 17.2. The van der Waals surface area contributed by atoms with Crippen molar-refractivity contribution in [2.24, 2.45) is 5.73 Å². The summed E-state index contributed by atoms with van der Waals surface area (Å²) >= 11 is 0. The third-order valence-electron chi connectivity index (χ3n) is 4.18. The van der Waals surface area contributed by atoms with Gasteiger partial charge in [0.1, 0.15) is 11.5 Å². The van der Waals surface area contributed by atoms with Gasteiger partial charge in [-0.1, -0.05) is 12.1 Å². The maximum atomic E-state index is 8.61. The van der Waals surface area contributed by atoms with E-state index in [0.717, 1.165) is 49.6 Å². The molecular formula is C24H36N4O2. The lowest BCUT2D eigenvalue weighted by Crippen LogP contribution is -2.15. The van der Waals surface area contributed by atoms with E-state index in [0.29, 0.717) is 18.7 Å². The van der Waals surface area contributed by atoms with Crippen LogP contribution in [-0.2, 0) is 6.54 Å². The number of rotatable bonds is 11. The molecule has 0 saturated heterocycles. The highest BCUT2D eigenvalue weighted by Gasteiger charge is 1.96. The standard InChI is InChI=1S/C12H20N2O.C12H16N2O/c2*1-14(2)8-3-9-15-12-6-4-11(10-13)5-7-12/h4-7H,3,8-10,13H2,1-2H3;4-7H,3,8-9H2,1-2H3. The molecule has 30 heavy (non-hydrogen) atoms. The summed E-state index contributed by atoms with van der Waals surface area (Å²) in [5, 5.41) is 8.61. The molecule has 2 aromatic rings. The van der Waals surface area contributed by atoms with Crippen molar-refractivity contribution in [1.82, 2.24) is 9.80 Å². The maximum Gasteiger partial charge on any atom is 0.119 e. The third-order valence-corrected chi connectivity index (χ3v) is 4.18. The van der Waals surface area contributed by atoms with Crippen LogP contribution in [-0.4, -0.2) is 64.3 Å². The molecule has 2 N–H and O–H groups in total. The average molecular weight is 413 g/mol. The Kier molecular flexibility index (Phi) is 13.0. The second-order valence-electron chi connectivity index (χ2n) is 7.49. The highest BCUT2D eigenvalue weighted by molar-refractivity contribution is 5.34. The van der Waals surface area contributed by atoms with Gasteiger partial charge in [-0.3, -0.25) is 0 Å². The minimum atomic E-state index is 0.584. The number of nitrogens with zero attached hydrogens (tertiary/aromatic N) is 3. The van der Waals surface area contributed by atoms with E-state index in [9.17, 15) is 0 Å². The van der Waals surface area contributed by atoms with Crippen molar-refractivity contribution in [3.8, 4) is 17.6 Å². The van der Waals surface area contributed by atoms with E-state index in [-0.39, 0.29) is 0 Å². The maximum absolute atomic E-state index is 8.61. The molecule has 0 atom stereocenters. The molecule has 0 saturated carbocycles. The van der Waals surface area contributed by atoms with Crippen LogP contribution in [0, 0.1) is 11.3 Å². The highest BCUT2D eigenvalue weighted by Crippen LogP contribution is 2.12. The quantitative estimate of drug-likeness (QED) is 0.571. The van der Waals surface area contributed by atoms with Gasteiger partial charge < -0.3 is 25.0 Å². The van der Waals surface area contributed by atoms with E-state index in [1.807, 2.05) is 50.5 Å². The number of hydrogen-bond acceptors (Lipinski definition) is 6. The summed E-state index contributed by atoms with van der Waals surface area (Å²) in [5.41, 5.74) is 7.31. The van der Waals surface area contributed by atoms with E-state index in [2.05, 4.69) is 30.0 Å². The van der Waals surface area contributed by atoms with Crippen LogP contribution in [0.25, 0.3) is 0 Å². The summed E-state index contributed by atoms with van der Waals surface area (Å²) in [6.07, 6.45) is 2.05. The Morgan fingerprint density at radius 1 is 0.767 bits per heavy atom. The molecule has 0 spiro atoms. The first-order chi connectivity index (χ1) is 14.4. The molecule has 0 aliphatic heterocycles. The highest BCUT2D eigenvalue weighted by atomic mass is 16.5. The molecule has 2 rings (SSSR count). The lowest BCUT2D eigenvalue weighted by Gasteiger charge is -2.10. The molecule has 0 heterocycles. The molecule has 0 amide bonds. The van der Waals surface area contributed by atoms with E-state index in [1.165, 1.54) is 0 Å². The number of hydrogen-bond donors (Lipinski definition) is 1. The Bertz CT molecular complexity index is 722. The van der Waals surface area contributed by atoms with E-state index in [4.69, 9.17) is 20.5 Å². The number of nitriles is 1. The lowest BCUT2D eigenvalue weighted by atomic mass is 10.2.